The highest BCUT2D eigenvalue weighted by molar-refractivity contribution is 9.10. The lowest BCUT2D eigenvalue weighted by Crippen LogP contribution is -2.21. The topological polar surface area (TPSA) is 24.9 Å². The lowest BCUT2D eigenvalue weighted by atomic mass is 9.99. The van der Waals surface area contributed by atoms with Crippen molar-refractivity contribution >= 4 is 15.9 Å². The highest BCUT2D eigenvalue weighted by atomic mass is 79.9. The number of hydrogen-bond acceptors (Lipinski definition) is 2. The van der Waals surface area contributed by atoms with Gasteiger partial charge in [-0.1, -0.05) is 37.3 Å². The normalized spacial score (nSPS) is 12.3. The quantitative estimate of drug-likeness (QED) is 0.866. The van der Waals surface area contributed by atoms with E-state index in [0.29, 0.717) is 6.04 Å². The van der Waals surface area contributed by atoms with Crippen LogP contribution in [0.1, 0.15) is 30.5 Å². The van der Waals surface area contributed by atoms with E-state index in [0.717, 1.165) is 23.9 Å². The summed E-state index contributed by atoms with van der Waals surface area (Å²) in [6.45, 7) is 3.13. The summed E-state index contributed by atoms with van der Waals surface area (Å²) in [7, 11) is 0. The largest absolute Gasteiger partial charge is 0.310 e. The van der Waals surface area contributed by atoms with Crippen molar-refractivity contribution in [1.82, 2.24) is 10.3 Å². The van der Waals surface area contributed by atoms with Crippen molar-refractivity contribution in [2.75, 3.05) is 6.54 Å². The number of pyridine rings is 1. The Morgan fingerprint density at radius 3 is 2.68 bits per heavy atom. The summed E-state index contributed by atoms with van der Waals surface area (Å²) in [6.07, 6.45) is 5.87. The Balaban J connectivity index is 2.01. The second-order valence-electron chi connectivity index (χ2n) is 4.57. The van der Waals surface area contributed by atoms with Crippen LogP contribution in [0.2, 0.25) is 0 Å². The van der Waals surface area contributed by atoms with Crippen molar-refractivity contribution in [2.45, 2.75) is 25.8 Å². The molecule has 2 rings (SSSR count). The maximum Gasteiger partial charge on any atom is 0.0410 e. The summed E-state index contributed by atoms with van der Waals surface area (Å²) >= 11 is 3.47. The second-order valence-corrected chi connectivity index (χ2v) is 5.49. The third kappa shape index (κ3) is 4.44. The molecule has 0 aliphatic rings. The molecule has 0 aliphatic heterocycles. The molecule has 0 radical (unpaired) electrons. The van der Waals surface area contributed by atoms with Crippen LogP contribution >= 0.6 is 15.9 Å². The minimum atomic E-state index is 0.408. The first-order valence-corrected chi connectivity index (χ1v) is 7.46. The minimum absolute atomic E-state index is 0.408. The second kappa shape index (κ2) is 7.41. The van der Waals surface area contributed by atoms with Crippen molar-refractivity contribution < 1.29 is 0 Å². The Hall–Kier alpha value is -1.19. The van der Waals surface area contributed by atoms with Gasteiger partial charge in [-0.05, 0) is 52.5 Å². The summed E-state index contributed by atoms with van der Waals surface area (Å²) in [4.78, 5) is 4.21. The third-order valence-electron chi connectivity index (χ3n) is 3.14. The third-order valence-corrected chi connectivity index (χ3v) is 3.57. The van der Waals surface area contributed by atoms with Crippen LogP contribution in [-0.2, 0) is 6.42 Å². The summed E-state index contributed by atoms with van der Waals surface area (Å²) in [5, 5.41) is 3.55. The molecule has 19 heavy (non-hydrogen) atoms. The number of nitrogens with one attached hydrogen (secondary N) is 1. The number of hydrogen-bond donors (Lipinski definition) is 1. The van der Waals surface area contributed by atoms with Crippen molar-refractivity contribution in [1.29, 1.82) is 0 Å². The zero-order chi connectivity index (χ0) is 13.5. The highest BCUT2D eigenvalue weighted by Gasteiger charge is 2.09. The Bertz CT molecular complexity index is 499. The summed E-state index contributed by atoms with van der Waals surface area (Å²) in [5.41, 5.74) is 2.63. The fraction of sp³-hybridized carbons (Fsp3) is 0.312. The van der Waals surface area contributed by atoms with E-state index in [1.54, 1.807) is 0 Å². The molecule has 100 valence electrons. The Morgan fingerprint density at radius 2 is 2.00 bits per heavy atom. The van der Waals surface area contributed by atoms with Gasteiger partial charge >= 0.3 is 0 Å². The van der Waals surface area contributed by atoms with Gasteiger partial charge in [-0.3, -0.25) is 4.98 Å². The SMILES string of the molecule is CCNC(CCc1cncc(Br)c1)c1ccccc1. The number of nitrogens with zero attached hydrogens (tertiary/aromatic N) is 1. The summed E-state index contributed by atoms with van der Waals surface area (Å²) in [5.74, 6) is 0. The number of halogens is 1. The van der Waals surface area contributed by atoms with Gasteiger partial charge in [0.25, 0.3) is 0 Å². The average Bonchev–Trinajstić information content (AvgIpc) is 2.44. The number of rotatable bonds is 6. The van der Waals surface area contributed by atoms with Crippen molar-refractivity contribution in [2.24, 2.45) is 0 Å². The molecule has 1 atom stereocenters. The molecule has 0 spiro atoms. The maximum atomic E-state index is 4.21. The van der Waals surface area contributed by atoms with E-state index in [1.165, 1.54) is 11.1 Å². The number of benzene rings is 1. The molecule has 1 N–H and O–H groups in total. The van der Waals surface area contributed by atoms with Crippen LogP contribution in [-0.4, -0.2) is 11.5 Å². The predicted octanol–water partition coefficient (Wildman–Crippen LogP) is 4.13. The van der Waals surface area contributed by atoms with Gasteiger partial charge in [0.15, 0.2) is 0 Å². The average molecular weight is 319 g/mol. The van der Waals surface area contributed by atoms with Crippen LogP contribution in [0.3, 0.4) is 0 Å². The summed E-state index contributed by atoms with van der Waals surface area (Å²) in [6, 6.07) is 13.2. The van der Waals surface area contributed by atoms with Gasteiger partial charge in [0.2, 0.25) is 0 Å². The number of aromatic nitrogens is 1. The van der Waals surface area contributed by atoms with E-state index in [9.17, 15) is 0 Å². The van der Waals surface area contributed by atoms with E-state index >= 15 is 0 Å². The monoisotopic (exact) mass is 318 g/mol. The highest BCUT2D eigenvalue weighted by Crippen LogP contribution is 2.20. The van der Waals surface area contributed by atoms with Crippen LogP contribution in [0.4, 0.5) is 0 Å². The molecular weight excluding hydrogens is 300 g/mol. The molecular formula is C16H19BrN2. The molecule has 1 heterocycles. The van der Waals surface area contributed by atoms with Crippen LogP contribution in [0.15, 0.2) is 53.3 Å². The maximum absolute atomic E-state index is 4.21. The van der Waals surface area contributed by atoms with E-state index in [1.807, 2.05) is 12.4 Å². The molecule has 0 bridgehead atoms. The standard InChI is InChI=1S/C16H19BrN2/c1-2-19-16(14-6-4-3-5-7-14)9-8-13-10-15(17)12-18-11-13/h3-7,10-12,16,19H,2,8-9H2,1H3. The van der Waals surface area contributed by atoms with Gasteiger partial charge in [0, 0.05) is 22.9 Å². The van der Waals surface area contributed by atoms with Gasteiger partial charge in [-0.25, -0.2) is 0 Å². The van der Waals surface area contributed by atoms with E-state index in [-0.39, 0.29) is 0 Å². The fourth-order valence-electron chi connectivity index (χ4n) is 2.22. The Morgan fingerprint density at radius 1 is 1.21 bits per heavy atom. The van der Waals surface area contributed by atoms with Crippen molar-refractivity contribution in [3.05, 3.63) is 64.4 Å². The zero-order valence-corrected chi connectivity index (χ0v) is 12.7. The molecule has 0 saturated heterocycles. The molecule has 1 aromatic carbocycles. The van der Waals surface area contributed by atoms with Crippen molar-refractivity contribution in [3.8, 4) is 0 Å². The Kier molecular flexibility index (Phi) is 5.55. The molecule has 0 fully saturated rings. The first-order chi connectivity index (χ1) is 9.29. The molecule has 3 heteroatoms. The van der Waals surface area contributed by atoms with Crippen molar-refractivity contribution in [3.63, 3.8) is 0 Å². The van der Waals surface area contributed by atoms with Crippen LogP contribution in [0, 0.1) is 0 Å². The molecule has 0 aliphatic carbocycles. The van der Waals surface area contributed by atoms with Crippen LogP contribution < -0.4 is 5.32 Å². The van der Waals surface area contributed by atoms with Gasteiger partial charge < -0.3 is 5.32 Å². The van der Waals surface area contributed by atoms with Gasteiger partial charge in [0.05, 0.1) is 0 Å². The fourth-order valence-corrected chi connectivity index (χ4v) is 2.63. The van der Waals surface area contributed by atoms with Crippen LogP contribution in [0.5, 0.6) is 0 Å². The van der Waals surface area contributed by atoms with Crippen LogP contribution in [0.25, 0.3) is 0 Å². The first-order valence-electron chi connectivity index (χ1n) is 6.67. The van der Waals surface area contributed by atoms with E-state index < -0.39 is 0 Å². The molecule has 1 aromatic heterocycles. The van der Waals surface area contributed by atoms with Gasteiger partial charge in [-0.2, -0.15) is 0 Å². The molecule has 2 nitrogen and oxygen atoms in total. The van der Waals surface area contributed by atoms with E-state index in [2.05, 4.69) is 69.6 Å². The minimum Gasteiger partial charge on any atom is -0.310 e. The number of aryl methyl sites for hydroxylation is 1. The van der Waals surface area contributed by atoms with E-state index in [4.69, 9.17) is 0 Å². The zero-order valence-electron chi connectivity index (χ0n) is 11.1. The summed E-state index contributed by atoms with van der Waals surface area (Å²) < 4.78 is 1.05. The Labute approximate surface area is 123 Å². The molecule has 2 aromatic rings. The van der Waals surface area contributed by atoms with Gasteiger partial charge in [0.1, 0.15) is 0 Å². The van der Waals surface area contributed by atoms with Gasteiger partial charge in [-0.15, -0.1) is 0 Å². The first kappa shape index (κ1) is 14.2. The smallest absolute Gasteiger partial charge is 0.0410 e. The molecule has 0 saturated carbocycles. The lowest BCUT2D eigenvalue weighted by molar-refractivity contribution is 0.515. The predicted molar refractivity (Wildman–Crippen MR) is 83.1 cm³/mol. The molecule has 1 unspecified atom stereocenters. The molecule has 0 amide bonds. The lowest BCUT2D eigenvalue weighted by Gasteiger charge is -2.18.